The van der Waals surface area contributed by atoms with Crippen LogP contribution in [-0.2, 0) is 14.9 Å². The summed E-state index contributed by atoms with van der Waals surface area (Å²) in [7, 11) is 0. The molecule has 0 saturated heterocycles. The second kappa shape index (κ2) is 7.23. The number of fused-ring (bicyclic) bond motifs is 1. The van der Waals surface area contributed by atoms with Crippen LogP contribution in [0.25, 0.3) is 10.8 Å². The van der Waals surface area contributed by atoms with E-state index in [4.69, 9.17) is 9.72 Å². The SMILES string of the molecule is CCOC(=O)CC(C)(C)c1csc(Nc2cccc3ccccc23)n1. The lowest BCUT2D eigenvalue weighted by Gasteiger charge is -2.20. The van der Waals surface area contributed by atoms with E-state index < -0.39 is 0 Å². The number of hydrogen-bond acceptors (Lipinski definition) is 5. The Labute approximate surface area is 151 Å². The molecule has 0 fully saturated rings. The summed E-state index contributed by atoms with van der Waals surface area (Å²) < 4.78 is 5.07. The van der Waals surface area contributed by atoms with Crippen molar-refractivity contribution in [3.8, 4) is 0 Å². The number of rotatable bonds is 6. The molecule has 0 aliphatic carbocycles. The van der Waals surface area contributed by atoms with Crippen molar-refractivity contribution in [2.75, 3.05) is 11.9 Å². The maximum atomic E-state index is 11.8. The minimum absolute atomic E-state index is 0.191. The third-order valence-corrected chi connectivity index (χ3v) is 4.88. The highest BCUT2D eigenvalue weighted by molar-refractivity contribution is 7.13. The molecule has 0 unspecified atom stereocenters. The minimum atomic E-state index is -0.360. The number of hydrogen-bond donors (Lipinski definition) is 1. The molecule has 0 aliphatic rings. The van der Waals surface area contributed by atoms with Gasteiger partial charge in [-0.3, -0.25) is 4.79 Å². The molecule has 5 heteroatoms. The number of aromatic nitrogens is 1. The number of thiazole rings is 1. The van der Waals surface area contributed by atoms with Gasteiger partial charge in [-0.25, -0.2) is 4.98 Å². The fraction of sp³-hybridized carbons (Fsp3) is 0.300. The minimum Gasteiger partial charge on any atom is -0.466 e. The summed E-state index contributed by atoms with van der Waals surface area (Å²) in [6.07, 6.45) is 0.318. The lowest BCUT2D eigenvalue weighted by molar-refractivity contribution is -0.144. The molecule has 0 bridgehead atoms. The summed E-state index contributed by atoms with van der Waals surface area (Å²) in [4.78, 5) is 16.5. The zero-order valence-corrected chi connectivity index (χ0v) is 15.5. The Balaban J connectivity index is 1.80. The maximum absolute atomic E-state index is 11.8. The number of benzene rings is 2. The monoisotopic (exact) mass is 354 g/mol. The van der Waals surface area contributed by atoms with Gasteiger partial charge < -0.3 is 10.1 Å². The predicted molar refractivity (Wildman–Crippen MR) is 104 cm³/mol. The van der Waals surface area contributed by atoms with Gasteiger partial charge in [-0.05, 0) is 18.4 Å². The maximum Gasteiger partial charge on any atom is 0.306 e. The van der Waals surface area contributed by atoms with Gasteiger partial charge in [-0.2, -0.15) is 0 Å². The Morgan fingerprint density at radius 2 is 1.96 bits per heavy atom. The molecule has 4 nitrogen and oxygen atoms in total. The number of ether oxygens (including phenoxy) is 1. The van der Waals surface area contributed by atoms with Crippen molar-refractivity contribution in [2.24, 2.45) is 0 Å². The highest BCUT2D eigenvalue weighted by atomic mass is 32.1. The molecule has 0 spiro atoms. The molecule has 3 rings (SSSR count). The van der Waals surface area contributed by atoms with Gasteiger partial charge in [0, 0.05) is 21.9 Å². The van der Waals surface area contributed by atoms with Crippen molar-refractivity contribution >= 4 is 38.9 Å². The lowest BCUT2D eigenvalue weighted by atomic mass is 9.86. The molecule has 0 amide bonds. The Bertz CT molecular complexity index is 881. The molecule has 2 aromatic carbocycles. The molecule has 1 heterocycles. The topological polar surface area (TPSA) is 51.2 Å². The predicted octanol–water partition coefficient (Wildman–Crippen LogP) is 5.27. The van der Waals surface area contributed by atoms with Crippen LogP contribution in [0.15, 0.2) is 47.8 Å². The van der Waals surface area contributed by atoms with Crippen LogP contribution in [0.3, 0.4) is 0 Å². The van der Waals surface area contributed by atoms with Crippen molar-refractivity contribution < 1.29 is 9.53 Å². The van der Waals surface area contributed by atoms with Gasteiger partial charge in [0.25, 0.3) is 0 Å². The number of carbonyl (C=O) groups is 1. The van der Waals surface area contributed by atoms with E-state index in [2.05, 4.69) is 23.5 Å². The van der Waals surface area contributed by atoms with Crippen LogP contribution in [0.1, 0.15) is 32.9 Å². The number of anilines is 2. The first-order valence-electron chi connectivity index (χ1n) is 8.36. The molecule has 25 heavy (non-hydrogen) atoms. The average molecular weight is 354 g/mol. The smallest absolute Gasteiger partial charge is 0.306 e. The van der Waals surface area contributed by atoms with Gasteiger partial charge in [-0.1, -0.05) is 50.2 Å². The summed E-state index contributed by atoms with van der Waals surface area (Å²) in [5, 5.41) is 8.58. The molecular weight excluding hydrogens is 332 g/mol. The molecule has 0 saturated carbocycles. The van der Waals surface area contributed by atoms with E-state index in [1.807, 2.05) is 50.4 Å². The van der Waals surface area contributed by atoms with E-state index in [9.17, 15) is 4.79 Å². The third-order valence-electron chi connectivity index (χ3n) is 4.12. The fourth-order valence-corrected chi connectivity index (χ4v) is 3.67. The van der Waals surface area contributed by atoms with Crippen LogP contribution >= 0.6 is 11.3 Å². The van der Waals surface area contributed by atoms with Gasteiger partial charge in [-0.15, -0.1) is 11.3 Å². The van der Waals surface area contributed by atoms with Crippen LogP contribution in [0.5, 0.6) is 0 Å². The first-order valence-corrected chi connectivity index (χ1v) is 9.24. The number of carbonyl (C=O) groups excluding carboxylic acids is 1. The van der Waals surface area contributed by atoms with Crippen molar-refractivity contribution in [3.05, 3.63) is 53.5 Å². The van der Waals surface area contributed by atoms with Crippen LogP contribution in [0.2, 0.25) is 0 Å². The Morgan fingerprint density at radius 3 is 2.76 bits per heavy atom. The van der Waals surface area contributed by atoms with Gasteiger partial charge in [0.05, 0.1) is 18.7 Å². The first kappa shape index (κ1) is 17.4. The second-order valence-corrected chi connectivity index (χ2v) is 7.41. The molecule has 1 N–H and O–H groups in total. The van der Waals surface area contributed by atoms with Crippen molar-refractivity contribution in [1.82, 2.24) is 4.98 Å². The summed E-state index contributed by atoms with van der Waals surface area (Å²) in [6.45, 7) is 6.25. The van der Waals surface area contributed by atoms with Crippen LogP contribution in [-0.4, -0.2) is 17.6 Å². The van der Waals surface area contributed by atoms with Gasteiger partial charge >= 0.3 is 5.97 Å². The summed E-state index contributed by atoms with van der Waals surface area (Å²) in [5.41, 5.74) is 1.57. The summed E-state index contributed by atoms with van der Waals surface area (Å²) >= 11 is 1.55. The van der Waals surface area contributed by atoms with Crippen molar-refractivity contribution in [2.45, 2.75) is 32.6 Å². The quantitative estimate of drug-likeness (QED) is 0.613. The molecule has 1 aromatic heterocycles. The Kier molecular flexibility index (Phi) is 5.04. The molecule has 130 valence electrons. The number of esters is 1. The zero-order chi connectivity index (χ0) is 17.9. The van der Waals surface area contributed by atoms with Crippen LogP contribution in [0, 0.1) is 0 Å². The normalized spacial score (nSPS) is 11.5. The second-order valence-electron chi connectivity index (χ2n) is 6.56. The van der Waals surface area contributed by atoms with Crippen LogP contribution < -0.4 is 5.32 Å². The van der Waals surface area contributed by atoms with E-state index in [0.29, 0.717) is 13.0 Å². The highest BCUT2D eigenvalue weighted by Gasteiger charge is 2.28. The fourth-order valence-electron chi connectivity index (χ4n) is 2.76. The molecule has 3 aromatic rings. The molecule has 0 atom stereocenters. The van der Waals surface area contributed by atoms with Crippen LogP contribution in [0.4, 0.5) is 10.8 Å². The van der Waals surface area contributed by atoms with Gasteiger partial charge in [0.1, 0.15) is 0 Å². The van der Waals surface area contributed by atoms with Gasteiger partial charge in [0.2, 0.25) is 0 Å². The Morgan fingerprint density at radius 1 is 1.20 bits per heavy atom. The lowest BCUT2D eigenvalue weighted by Crippen LogP contribution is -2.23. The third kappa shape index (κ3) is 3.99. The summed E-state index contributed by atoms with van der Waals surface area (Å²) in [6, 6.07) is 14.4. The standard InChI is InChI=1S/C20H22N2O2S/c1-4-24-18(23)12-20(2,3)17-13-25-19(22-17)21-16-11-7-9-14-8-5-6-10-15(14)16/h5-11,13H,4,12H2,1-3H3,(H,21,22). The highest BCUT2D eigenvalue weighted by Crippen LogP contribution is 2.33. The van der Waals surface area contributed by atoms with E-state index in [-0.39, 0.29) is 11.4 Å². The molecule has 0 radical (unpaired) electrons. The van der Waals surface area contributed by atoms with E-state index in [1.54, 1.807) is 11.3 Å². The van der Waals surface area contributed by atoms with Gasteiger partial charge in [0.15, 0.2) is 5.13 Å². The number of nitrogens with one attached hydrogen (secondary N) is 1. The van der Waals surface area contributed by atoms with Crippen molar-refractivity contribution in [3.63, 3.8) is 0 Å². The molecular formula is C20H22N2O2S. The molecule has 0 aliphatic heterocycles. The number of nitrogens with zero attached hydrogens (tertiary/aromatic N) is 1. The largest absolute Gasteiger partial charge is 0.466 e. The zero-order valence-electron chi connectivity index (χ0n) is 14.7. The van der Waals surface area contributed by atoms with E-state index in [0.717, 1.165) is 21.9 Å². The van der Waals surface area contributed by atoms with E-state index >= 15 is 0 Å². The Hall–Kier alpha value is -2.40. The van der Waals surface area contributed by atoms with Crippen molar-refractivity contribution in [1.29, 1.82) is 0 Å². The summed E-state index contributed by atoms with van der Waals surface area (Å²) in [5.74, 6) is -0.191. The first-order chi connectivity index (χ1) is 12.0. The average Bonchev–Trinajstić information content (AvgIpc) is 3.04. The van der Waals surface area contributed by atoms with E-state index in [1.165, 1.54) is 5.39 Å².